The SMILES string of the molecule is CCCCc1ccnc(-c2cnc3c(ccc4cccnc43)c2)c1. The lowest BCUT2D eigenvalue weighted by Gasteiger charge is -2.07. The molecule has 0 aliphatic heterocycles. The van der Waals surface area contributed by atoms with Crippen molar-refractivity contribution in [1.29, 1.82) is 0 Å². The van der Waals surface area contributed by atoms with E-state index in [1.54, 1.807) is 0 Å². The molecule has 3 aromatic heterocycles. The van der Waals surface area contributed by atoms with Gasteiger partial charge in [-0.15, -0.1) is 0 Å². The molecule has 0 amide bonds. The van der Waals surface area contributed by atoms with Crippen LogP contribution < -0.4 is 0 Å². The largest absolute Gasteiger partial charge is 0.256 e. The Morgan fingerprint density at radius 1 is 0.833 bits per heavy atom. The van der Waals surface area contributed by atoms with Crippen molar-refractivity contribution in [2.75, 3.05) is 0 Å². The number of unbranched alkanes of at least 4 members (excludes halogenated alkanes) is 1. The van der Waals surface area contributed by atoms with Crippen molar-refractivity contribution < 1.29 is 0 Å². The van der Waals surface area contributed by atoms with Gasteiger partial charge in [0.05, 0.1) is 16.7 Å². The summed E-state index contributed by atoms with van der Waals surface area (Å²) in [5.41, 5.74) is 5.27. The molecule has 0 aliphatic rings. The Labute approximate surface area is 141 Å². The zero-order valence-electron chi connectivity index (χ0n) is 13.7. The minimum atomic E-state index is 0.944. The van der Waals surface area contributed by atoms with E-state index < -0.39 is 0 Å². The number of aryl methyl sites for hydroxylation is 1. The van der Waals surface area contributed by atoms with E-state index in [0.717, 1.165) is 39.5 Å². The fourth-order valence-electron chi connectivity index (χ4n) is 3.04. The first-order valence-corrected chi connectivity index (χ1v) is 8.44. The van der Waals surface area contributed by atoms with E-state index in [1.165, 1.54) is 18.4 Å². The summed E-state index contributed by atoms with van der Waals surface area (Å²) in [5, 5.41) is 2.21. The summed E-state index contributed by atoms with van der Waals surface area (Å²) >= 11 is 0. The van der Waals surface area contributed by atoms with E-state index in [1.807, 2.05) is 24.7 Å². The molecule has 3 nitrogen and oxygen atoms in total. The molecule has 0 unspecified atom stereocenters. The molecule has 0 aliphatic carbocycles. The topological polar surface area (TPSA) is 38.7 Å². The van der Waals surface area contributed by atoms with Crippen LogP contribution in [-0.4, -0.2) is 15.0 Å². The van der Waals surface area contributed by atoms with Crippen LogP contribution in [0.2, 0.25) is 0 Å². The van der Waals surface area contributed by atoms with Crippen LogP contribution in [-0.2, 0) is 6.42 Å². The second kappa shape index (κ2) is 6.36. The van der Waals surface area contributed by atoms with Crippen LogP contribution in [0.1, 0.15) is 25.3 Å². The number of hydrogen-bond donors (Lipinski definition) is 0. The highest BCUT2D eigenvalue weighted by Gasteiger charge is 2.07. The minimum Gasteiger partial charge on any atom is -0.256 e. The van der Waals surface area contributed by atoms with Crippen LogP contribution in [0.15, 0.2) is 61.1 Å². The van der Waals surface area contributed by atoms with Crippen LogP contribution in [0.4, 0.5) is 0 Å². The molecule has 0 N–H and O–H groups in total. The number of pyridine rings is 3. The van der Waals surface area contributed by atoms with E-state index in [2.05, 4.69) is 58.3 Å². The van der Waals surface area contributed by atoms with Crippen molar-refractivity contribution in [2.45, 2.75) is 26.2 Å². The van der Waals surface area contributed by atoms with Crippen molar-refractivity contribution in [1.82, 2.24) is 15.0 Å². The molecular weight excluding hydrogens is 294 g/mol. The number of hydrogen-bond acceptors (Lipinski definition) is 3. The van der Waals surface area contributed by atoms with Gasteiger partial charge in [-0.2, -0.15) is 0 Å². The fraction of sp³-hybridized carbons (Fsp3) is 0.190. The maximum atomic E-state index is 4.68. The highest BCUT2D eigenvalue weighted by Crippen LogP contribution is 2.26. The molecule has 0 spiro atoms. The van der Waals surface area contributed by atoms with Crippen molar-refractivity contribution in [3.8, 4) is 11.3 Å². The Kier molecular flexibility index (Phi) is 3.91. The third-order valence-electron chi connectivity index (χ3n) is 4.36. The zero-order valence-corrected chi connectivity index (χ0v) is 13.7. The normalized spacial score (nSPS) is 11.2. The lowest BCUT2D eigenvalue weighted by atomic mass is 10.0. The standard InChI is InChI=1S/C21H19N3/c1-2-3-5-15-9-11-22-19(12-15)18-13-17-8-7-16-6-4-10-23-20(16)21(17)24-14-18/h4,6-14H,2-3,5H2,1H3. The molecule has 0 bridgehead atoms. The summed E-state index contributed by atoms with van der Waals surface area (Å²) < 4.78 is 0. The van der Waals surface area contributed by atoms with Gasteiger partial charge < -0.3 is 0 Å². The predicted octanol–water partition coefficient (Wildman–Crippen LogP) is 5.19. The summed E-state index contributed by atoms with van der Waals surface area (Å²) in [6, 6.07) is 14.7. The van der Waals surface area contributed by atoms with Gasteiger partial charge in [-0.05, 0) is 42.7 Å². The predicted molar refractivity (Wildman–Crippen MR) is 98.9 cm³/mol. The number of aromatic nitrogens is 3. The highest BCUT2D eigenvalue weighted by molar-refractivity contribution is 6.03. The molecule has 4 rings (SSSR count). The van der Waals surface area contributed by atoms with Gasteiger partial charge in [0.25, 0.3) is 0 Å². The van der Waals surface area contributed by atoms with Gasteiger partial charge in [0.2, 0.25) is 0 Å². The first kappa shape index (κ1) is 14.8. The molecule has 1 aromatic carbocycles. The minimum absolute atomic E-state index is 0.944. The van der Waals surface area contributed by atoms with E-state index in [-0.39, 0.29) is 0 Å². The summed E-state index contributed by atoms with van der Waals surface area (Å²) in [5.74, 6) is 0. The van der Waals surface area contributed by atoms with E-state index in [9.17, 15) is 0 Å². The highest BCUT2D eigenvalue weighted by atomic mass is 14.7. The molecule has 3 heterocycles. The molecule has 4 aromatic rings. The molecule has 0 saturated carbocycles. The Hall–Kier alpha value is -2.81. The van der Waals surface area contributed by atoms with Crippen LogP contribution >= 0.6 is 0 Å². The average molecular weight is 313 g/mol. The number of rotatable bonds is 4. The molecule has 3 heteroatoms. The smallest absolute Gasteiger partial charge is 0.0965 e. The van der Waals surface area contributed by atoms with Gasteiger partial charge in [-0.1, -0.05) is 31.5 Å². The molecule has 118 valence electrons. The lowest BCUT2D eigenvalue weighted by molar-refractivity contribution is 0.794. The van der Waals surface area contributed by atoms with Crippen molar-refractivity contribution in [3.05, 3.63) is 66.6 Å². The Morgan fingerprint density at radius 2 is 1.71 bits per heavy atom. The van der Waals surface area contributed by atoms with Crippen LogP contribution in [0.5, 0.6) is 0 Å². The first-order valence-electron chi connectivity index (χ1n) is 8.44. The monoisotopic (exact) mass is 313 g/mol. The van der Waals surface area contributed by atoms with Crippen LogP contribution in [0, 0.1) is 0 Å². The molecule has 0 radical (unpaired) electrons. The maximum absolute atomic E-state index is 4.68. The van der Waals surface area contributed by atoms with Gasteiger partial charge in [0, 0.05) is 34.9 Å². The molecular formula is C21H19N3. The molecule has 0 fully saturated rings. The summed E-state index contributed by atoms with van der Waals surface area (Å²) in [7, 11) is 0. The number of nitrogens with zero attached hydrogens (tertiary/aromatic N) is 3. The van der Waals surface area contributed by atoms with E-state index in [0.29, 0.717) is 0 Å². The third-order valence-corrected chi connectivity index (χ3v) is 4.36. The summed E-state index contributed by atoms with van der Waals surface area (Å²) in [6.07, 6.45) is 9.12. The van der Waals surface area contributed by atoms with Crippen molar-refractivity contribution in [2.24, 2.45) is 0 Å². The van der Waals surface area contributed by atoms with Gasteiger partial charge in [0.15, 0.2) is 0 Å². The quantitative estimate of drug-likeness (QED) is 0.487. The molecule has 0 saturated heterocycles. The molecule has 24 heavy (non-hydrogen) atoms. The van der Waals surface area contributed by atoms with E-state index >= 15 is 0 Å². The summed E-state index contributed by atoms with van der Waals surface area (Å²) in [4.78, 5) is 13.7. The zero-order chi connectivity index (χ0) is 16.4. The Balaban J connectivity index is 1.79. The van der Waals surface area contributed by atoms with Crippen LogP contribution in [0.3, 0.4) is 0 Å². The third kappa shape index (κ3) is 2.73. The maximum Gasteiger partial charge on any atom is 0.0965 e. The average Bonchev–Trinajstić information content (AvgIpc) is 2.66. The molecule has 0 atom stereocenters. The Bertz CT molecular complexity index is 1010. The second-order valence-corrected chi connectivity index (χ2v) is 6.09. The van der Waals surface area contributed by atoms with Gasteiger partial charge in [0.1, 0.15) is 0 Å². The van der Waals surface area contributed by atoms with Crippen LogP contribution in [0.25, 0.3) is 33.1 Å². The van der Waals surface area contributed by atoms with Gasteiger partial charge >= 0.3 is 0 Å². The second-order valence-electron chi connectivity index (χ2n) is 6.09. The first-order chi connectivity index (χ1) is 11.8. The number of benzene rings is 1. The fourth-order valence-corrected chi connectivity index (χ4v) is 3.04. The van der Waals surface area contributed by atoms with Gasteiger partial charge in [-0.25, -0.2) is 0 Å². The van der Waals surface area contributed by atoms with Crippen molar-refractivity contribution >= 4 is 21.8 Å². The lowest BCUT2D eigenvalue weighted by Crippen LogP contribution is -1.91. The number of fused-ring (bicyclic) bond motifs is 3. The van der Waals surface area contributed by atoms with Crippen molar-refractivity contribution in [3.63, 3.8) is 0 Å². The van der Waals surface area contributed by atoms with Gasteiger partial charge in [-0.3, -0.25) is 15.0 Å². The summed E-state index contributed by atoms with van der Waals surface area (Å²) in [6.45, 7) is 2.22. The van der Waals surface area contributed by atoms with E-state index in [4.69, 9.17) is 0 Å². The Morgan fingerprint density at radius 3 is 2.62 bits per heavy atom.